The molecule has 1 amide bonds. The third kappa shape index (κ3) is 3.09. The molecule has 0 aliphatic carbocycles. The van der Waals surface area contributed by atoms with E-state index < -0.39 is 29.9 Å². The predicted octanol–water partition coefficient (Wildman–Crippen LogP) is -3.25. The highest BCUT2D eigenvalue weighted by Crippen LogP contribution is 1.83. The highest BCUT2D eigenvalue weighted by atomic mass is 16.4. The first-order chi connectivity index (χ1) is 4.95. The summed E-state index contributed by atoms with van der Waals surface area (Å²) in [6, 6.07) is 0. The Morgan fingerprint density at radius 2 is 1.55 bits per heavy atom. The average Bonchev–Trinajstić information content (AvgIpc) is 1.87. The Hall–Kier alpha value is -1.72. The lowest BCUT2D eigenvalue weighted by Crippen LogP contribution is -2.35. The lowest BCUT2D eigenvalue weighted by Gasteiger charge is -1.96. The molecule has 6 nitrogen and oxygen atoms in total. The van der Waals surface area contributed by atoms with Gasteiger partial charge in [-0.2, -0.15) is 0 Å². The fourth-order valence-electron chi connectivity index (χ4n) is 0.305. The van der Waals surface area contributed by atoms with Crippen LogP contribution in [-0.2, 0) is 19.2 Å². The van der Waals surface area contributed by atoms with Crippen molar-refractivity contribution in [2.75, 3.05) is 0 Å². The van der Waals surface area contributed by atoms with Crippen LogP contribution < -0.4 is 10.8 Å². The second kappa shape index (κ2) is 3.45. The van der Waals surface area contributed by atoms with Gasteiger partial charge in [-0.1, -0.05) is 0 Å². The standard InChI is InChI=1S/C5H5NO5/c6-4(9)2(7)1-3(8)5(10)11/h1H2,(H2,6,9)(H,10,11)/p-1. The highest BCUT2D eigenvalue weighted by molar-refractivity contribution is 6.45. The number of hydrogen-bond donors (Lipinski definition) is 1. The zero-order valence-corrected chi connectivity index (χ0v) is 5.33. The summed E-state index contributed by atoms with van der Waals surface area (Å²) in [5.41, 5.74) is 4.43. The zero-order chi connectivity index (χ0) is 9.02. The number of hydrogen-bond acceptors (Lipinski definition) is 5. The maximum atomic E-state index is 10.3. The Kier molecular flexibility index (Phi) is 2.91. The first-order valence-electron chi connectivity index (χ1n) is 2.52. The molecule has 0 aromatic rings. The van der Waals surface area contributed by atoms with Crippen LogP contribution in [0, 0.1) is 0 Å². The Bertz CT molecular complexity index is 207. The van der Waals surface area contributed by atoms with E-state index in [0.717, 1.165) is 0 Å². The smallest absolute Gasteiger partial charge is 0.285 e. The van der Waals surface area contributed by atoms with Gasteiger partial charge in [0.1, 0.15) is 5.97 Å². The number of carboxylic acid groups (broad SMARTS) is 1. The van der Waals surface area contributed by atoms with Crippen LogP contribution in [0.1, 0.15) is 6.42 Å². The summed E-state index contributed by atoms with van der Waals surface area (Å²) in [7, 11) is 0. The summed E-state index contributed by atoms with van der Waals surface area (Å²) >= 11 is 0. The number of carbonyl (C=O) groups excluding carboxylic acids is 4. The van der Waals surface area contributed by atoms with E-state index in [4.69, 9.17) is 0 Å². The van der Waals surface area contributed by atoms with E-state index in [1.54, 1.807) is 0 Å². The minimum Gasteiger partial charge on any atom is -0.542 e. The number of nitrogens with two attached hydrogens (primary N) is 1. The van der Waals surface area contributed by atoms with Crippen LogP contribution in [0.3, 0.4) is 0 Å². The Morgan fingerprint density at radius 1 is 1.09 bits per heavy atom. The molecule has 11 heavy (non-hydrogen) atoms. The van der Waals surface area contributed by atoms with Gasteiger partial charge in [0.25, 0.3) is 5.91 Å². The van der Waals surface area contributed by atoms with E-state index in [2.05, 4.69) is 5.73 Å². The van der Waals surface area contributed by atoms with Gasteiger partial charge in [0.05, 0.1) is 6.42 Å². The Morgan fingerprint density at radius 3 is 1.82 bits per heavy atom. The molecule has 0 aromatic heterocycles. The van der Waals surface area contributed by atoms with E-state index in [0.29, 0.717) is 0 Å². The Balaban J connectivity index is 4.07. The number of carbonyl (C=O) groups is 4. The van der Waals surface area contributed by atoms with Gasteiger partial charge in [-0.05, 0) is 0 Å². The quantitative estimate of drug-likeness (QED) is 0.340. The van der Waals surface area contributed by atoms with Crippen molar-refractivity contribution in [1.29, 1.82) is 0 Å². The van der Waals surface area contributed by atoms with Crippen molar-refractivity contribution in [3.05, 3.63) is 0 Å². The SMILES string of the molecule is NC(=O)C(=O)CC(=O)C(=O)[O-]. The number of ketones is 2. The number of rotatable bonds is 4. The summed E-state index contributed by atoms with van der Waals surface area (Å²) in [5.74, 6) is -6.02. The molecule has 0 unspecified atom stereocenters. The van der Waals surface area contributed by atoms with Crippen molar-refractivity contribution in [2.24, 2.45) is 5.73 Å². The molecule has 0 rings (SSSR count). The number of Topliss-reactive ketones (excluding diaryl/α,β-unsaturated/α-hetero) is 2. The second-order valence-corrected chi connectivity index (χ2v) is 1.67. The topological polar surface area (TPSA) is 117 Å². The molecule has 0 heterocycles. The summed E-state index contributed by atoms with van der Waals surface area (Å²) in [6.45, 7) is 0. The minimum atomic E-state index is -2.00. The van der Waals surface area contributed by atoms with Crippen LogP contribution in [0.25, 0.3) is 0 Å². The number of amides is 1. The molecule has 0 fully saturated rings. The fraction of sp³-hybridized carbons (Fsp3) is 0.200. The maximum absolute atomic E-state index is 10.3. The first kappa shape index (κ1) is 9.28. The van der Waals surface area contributed by atoms with Crippen LogP contribution in [0.5, 0.6) is 0 Å². The van der Waals surface area contributed by atoms with Gasteiger partial charge in [0.2, 0.25) is 5.78 Å². The lowest BCUT2D eigenvalue weighted by molar-refractivity contribution is -0.299. The molecule has 0 bridgehead atoms. The van der Waals surface area contributed by atoms with E-state index in [1.165, 1.54) is 0 Å². The first-order valence-corrected chi connectivity index (χ1v) is 2.52. The van der Waals surface area contributed by atoms with Crippen LogP contribution >= 0.6 is 0 Å². The van der Waals surface area contributed by atoms with Gasteiger partial charge in [-0.15, -0.1) is 0 Å². The predicted molar refractivity (Wildman–Crippen MR) is 28.8 cm³/mol. The molecule has 6 heteroatoms. The number of primary amides is 1. The van der Waals surface area contributed by atoms with E-state index in [1.807, 2.05) is 0 Å². The molecule has 60 valence electrons. The maximum Gasteiger partial charge on any atom is 0.285 e. The van der Waals surface area contributed by atoms with E-state index in [-0.39, 0.29) is 0 Å². The number of aliphatic carboxylic acids is 1. The molecular weight excluding hydrogens is 154 g/mol. The van der Waals surface area contributed by atoms with Crippen molar-refractivity contribution in [3.8, 4) is 0 Å². The number of carboxylic acids is 1. The van der Waals surface area contributed by atoms with Gasteiger partial charge in [-0.3, -0.25) is 14.4 Å². The minimum absolute atomic E-state index is 1.03. The molecule has 0 atom stereocenters. The average molecular weight is 158 g/mol. The monoisotopic (exact) mass is 158 g/mol. The molecule has 0 aromatic carbocycles. The van der Waals surface area contributed by atoms with Crippen LogP contribution in [0.2, 0.25) is 0 Å². The Labute approximate surface area is 61.0 Å². The largest absolute Gasteiger partial charge is 0.542 e. The molecule has 0 spiro atoms. The molecule has 0 aliphatic heterocycles. The van der Waals surface area contributed by atoms with Crippen LogP contribution in [0.15, 0.2) is 0 Å². The zero-order valence-electron chi connectivity index (χ0n) is 5.33. The third-order valence-corrected chi connectivity index (χ3v) is 0.824. The lowest BCUT2D eigenvalue weighted by atomic mass is 10.2. The van der Waals surface area contributed by atoms with Crippen molar-refractivity contribution >= 4 is 23.4 Å². The molecular formula is C5H4NO5-. The van der Waals surface area contributed by atoms with Gasteiger partial charge in [0, 0.05) is 0 Å². The van der Waals surface area contributed by atoms with Crippen molar-refractivity contribution < 1.29 is 24.3 Å². The van der Waals surface area contributed by atoms with Gasteiger partial charge in [0.15, 0.2) is 5.78 Å². The van der Waals surface area contributed by atoms with Gasteiger partial charge in [-0.25, -0.2) is 0 Å². The van der Waals surface area contributed by atoms with Gasteiger partial charge < -0.3 is 15.6 Å². The second-order valence-electron chi connectivity index (χ2n) is 1.67. The highest BCUT2D eigenvalue weighted by Gasteiger charge is 2.14. The normalized spacial score (nSPS) is 8.73. The summed E-state index contributed by atoms with van der Waals surface area (Å²) in [6.07, 6.45) is -1.03. The summed E-state index contributed by atoms with van der Waals surface area (Å²) < 4.78 is 0. The van der Waals surface area contributed by atoms with Crippen molar-refractivity contribution in [2.45, 2.75) is 6.42 Å². The van der Waals surface area contributed by atoms with Gasteiger partial charge >= 0.3 is 0 Å². The summed E-state index contributed by atoms with van der Waals surface area (Å²) in [4.78, 5) is 40.1. The third-order valence-electron chi connectivity index (χ3n) is 0.824. The van der Waals surface area contributed by atoms with Crippen LogP contribution in [-0.4, -0.2) is 23.4 Å². The van der Waals surface area contributed by atoms with E-state index in [9.17, 15) is 24.3 Å². The van der Waals surface area contributed by atoms with Crippen molar-refractivity contribution in [3.63, 3.8) is 0 Å². The molecule has 0 aliphatic rings. The van der Waals surface area contributed by atoms with Crippen molar-refractivity contribution in [1.82, 2.24) is 0 Å². The summed E-state index contributed by atoms with van der Waals surface area (Å²) in [5, 5.41) is 9.69. The molecule has 2 N–H and O–H groups in total. The fourth-order valence-corrected chi connectivity index (χ4v) is 0.305. The molecule has 0 saturated carbocycles. The van der Waals surface area contributed by atoms with Crippen LogP contribution in [0.4, 0.5) is 0 Å². The molecule has 0 radical (unpaired) electrons. The van der Waals surface area contributed by atoms with E-state index >= 15 is 0 Å². The molecule has 0 saturated heterocycles.